The van der Waals surface area contributed by atoms with Crippen molar-refractivity contribution in [2.75, 3.05) is 13.2 Å². The number of aryl methyl sites for hydroxylation is 1. The Balaban J connectivity index is 3.18. The fourth-order valence-electron chi connectivity index (χ4n) is 2.15. The molecule has 0 fully saturated rings. The molecule has 0 radical (unpaired) electrons. The molecule has 2 unspecified atom stereocenters. The summed E-state index contributed by atoms with van der Waals surface area (Å²) < 4.78 is 0. The lowest BCUT2D eigenvalue weighted by Gasteiger charge is -2.30. The van der Waals surface area contributed by atoms with Crippen LogP contribution in [0.2, 0.25) is 0 Å². The lowest BCUT2D eigenvalue weighted by molar-refractivity contribution is -0.144. The van der Waals surface area contributed by atoms with Crippen LogP contribution in [-0.4, -0.2) is 29.3 Å². The van der Waals surface area contributed by atoms with Gasteiger partial charge in [0.1, 0.15) is 5.41 Å². The van der Waals surface area contributed by atoms with Crippen LogP contribution in [0.1, 0.15) is 24.5 Å². The van der Waals surface area contributed by atoms with Crippen molar-refractivity contribution < 1.29 is 15.0 Å². The highest BCUT2D eigenvalue weighted by molar-refractivity contribution is 5.81. The third-order valence-corrected chi connectivity index (χ3v) is 3.37. The van der Waals surface area contributed by atoms with Gasteiger partial charge >= 0.3 is 5.97 Å². The van der Waals surface area contributed by atoms with Gasteiger partial charge in [0.25, 0.3) is 0 Å². The Labute approximate surface area is 107 Å². The second-order valence-corrected chi connectivity index (χ2v) is 4.95. The van der Waals surface area contributed by atoms with E-state index in [4.69, 9.17) is 10.8 Å². The summed E-state index contributed by atoms with van der Waals surface area (Å²) in [4.78, 5) is 11.6. The Morgan fingerprint density at radius 2 is 1.94 bits per heavy atom. The zero-order valence-corrected chi connectivity index (χ0v) is 10.9. The van der Waals surface area contributed by atoms with Gasteiger partial charge < -0.3 is 15.9 Å². The average molecular weight is 251 g/mol. The third kappa shape index (κ3) is 2.89. The van der Waals surface area contributed by atoms with E-state index in [0.717, 1.165) is 5.56 Å². The highest BCUT2D eigenvalue weighted by Gasteiger charge is 2.40. The molecule has 1 rings (SSSR count). The fraction of sp³-hybridized carbons (Fsp3) is 0.500. The van der Waals surface area contributed by atoms with E-state index >= 15 is 0 Å². The molecule has 4 heteroatoms. The normalized spacial score (nSPS) is 16.0. The number of aliphatic carboxylic acids is 1. The molecule has 1 aromatic carbocycles. The molecule has 0 spiro atoms. The van der Waals surface area contributed by atoms with Crippen molar-refractivity contribution in [3.8, 4) is 0 Å². The van der Waals surface area contributed by atoms with Crippen molar-refractivity contribution in [3.05, 3.63) is 35.4 Å². The minimum atomic E-state index is -1.12. The Bertz CT molecular complexity index is 402. The maximum Gasteiger partial charge on any atom is 0.315 e. The van der Waals surface area contributed by atoms with Gasteiger partial charge in [0, 0.05) is 13.2 Å². The summed E-state index contributed by atoms with van der Waals surface area (Å²) in [6, 6.07) is 7.37. The monoisotopic (exact) mass is 251 g/mol. The zero-order chi connectivity index (χ0) is 13.8. The summed E-state index contributed by atoms with van der Waals surface area (Å²) in [6.07, 6.45) is 0.332. The van der Waals surface area contributed by atoms with Crippen LogP contribution in [0, 0.1) is 12.8 Å². The first-order valence-electron chi connectivity index (χ1n) is 6.07. The van der Waals surface area contributed by atoms with Gasteiger partial charge in [-0.2, -0.15) is 0 Å². The van der Waals surface area contributed by atoms with E-state index in [0.29, 0.717) is 12.0 Å². The van der Waals surface area contributed by atoms with E-state index in [9.17, 15) is 9.90 Å². The van der Waals surface area contributed by atoms with Gasteiger partial charge in [0.2, 0.25) is 0 Å². The highest BCUT2D eigenvalue weighted by atomic mass is 16.4. The Kier molecular flexibility index (Phi) is 4.87. The zero-order valence-electron chi connectivity index (χ0n) is 10.9. The lowest BCUT2D eigenvalue weighted by Crippen LogP contribution is -2.44. The molecule has 0 saturated carbocycles. The van der Waals surface area contributed by atoms with Crippen LogP contribution in [0.3, 0.4) is 0 Å². The molecule has 100 valence electrons. The van der Waals surface area contributed by atoms with E-state index in [-0.39, 0.29) is 19.1 Å². The molecule has 0 heterocycles. The molecule has 0 aliphatic rings. The quantitative estimate of drug-likeness (QED) is 0.711. The molecule has 0 amide bonds. The van der Waals surface area contributed by atoms with Gasteiger partial charge in [0.15, 0.2) is 0 Å². The summed E-state index contributed by atoms with van der Waals surface area (Å²) in [5.74, 6) is -1.04. The van der Waals surface area contributed by atoms with Gasteiger partial charge in [-0.15, -0.1) is 0 Å². The second-order valence-electron chi connectivity index (χ2n) is 4.95. The first-order valence-corrected chi connectivity index (χ1v) is 6.07. The Hall–Kier alpha value is -1.39. The highest BCUT2D eigenvalue weighted by Crippen LogP contribution is 2.31. The van der Waals surface area contributed by atoms with E-state index in [1.54, 1.807) is 12.1 Å². The van der Waals surface area contributed by atoms with E-state index in [2.05, 4.69) is 0 Å². The number of carboxylic acids is 1. The Morgan fingerprint density at radius 1 is 1.39 bits per heavy atom. The molecular formula is C14H21NO3. The molecular weight excluding hydrogens is 230 g/mol. The molecule has 18 heavy (non-hydrogen) atoms. The number of benzene rings is 1. The lowest BCUT2D eigenvalue weighted by atomic mass is 9.74. The van der Waals surface area contributed by atoms with Crippen LogP contribution in [0.5, 0.6) is 0 Å². The summed E-state index contributed by atoms with van der Waals surface area (Å²) in [5.41, 5.74) is 6.38. The molecule has 0 saturated heterocycles. The van der Waals surface area contributed by atoms with E-state index < -0.39 is 11.4 Å². The number of hydrogen-bond donors (Lipinski definition) is 3. The predicted octanol–water partition coefficient (Wildman–Crippen LogP) is 1.29. The molecule has 1 aromatic rings. The van der Waals surface area contributed by atoms with Gasteiger partial charge in [-0.05, 0) is 24.8 Å². The number of aliphatic hydroxyl groups excluding tert-OH is 1. The molecule has 0 bridgehead atoms. The van der Waals surface area contributed by atoms with Crippen molar-refractivity contribution in [1.29, 1.82) is 0 Å². The SMILES string of the molecule is Cc1ccc(C(CN)(CC(C)CO)C(=O)O)cc1. The van der Waals surface area contributed by atoms with Crippen molar-refractivity contribution >= 4 is 5.97 Å². The van der Waals surface area contributed by atoms with Gasteiger partial charge in [-0.25, -0.2) is 0 Å². The van der Waals surface area contributed by atoms with Crippen LogP contribution in [-0.2, 0) is 10.2 Å². The van der Waals surface area contributed by atoms with Crippen LogP contribution < -0.4 is 5.73 Å². The minimum absolute atomic E-state index is 0.0235. The predicted molar refractivity (Wildman–Crippen MR) is 70.4 cm³/mol. The van der Waals surface area contributed by atoms with Crippen molar-refractivity contribution in [3.63, 3.8) is 0 Å². The molecule has 2 atom stereocenters. The fourth-order valence-corrected chi connectivity index (χ4v) is 2.15. The van der Waals surface area contributed by atoms with Gasteiger partial charge in [0.05, 0.1) is 0 Å². The number of nitrogens with two attached hydrogens (primary N) is 1. The number of rotatable bonds is 6. The second kappa shape index (κ2) is 5.98. The average Bonchev–Trinajstić information content (AvgIpc) is 2.36. The largest absolute Gasteiger partial charge is 0.481 e. The topological polar surface area (TPSA) is 83.5 Å². The standard InChI is InChI=1S/C14H21NO3/c1-10-3-5-12(6-4-10)14(9-15,13(17)18)7-11(2)8-16/h3-6,11,16H,7-9,15H2,1-2H3,(H,17,18). The molecule has 4 N–H and O–H groups in total. The minimum Gasteiger partial charge on any atom is -0.481 e. The van der Waals surface area contributed by atoms with Crippen LogP contribution in [0.4, 0.5) is 0 Å². The van der Waals surface area contributed by atoms with Gasteiger partial charge in [-0.3, -0.25) is 4.79 Å². The first kappa shape index (κ1) is 14.7. The number of hydrogen-bond acceptors (Lipinski definition) is 3. The number of carboxylic acid groups (broad SMARTS) is 1. The molecule has 0 aliphatic carbocycles. The third-order valence-electron chi connectivity index (χ3n) is 3.37. The van der Waals surface area contributed by atoms with Crippen LogP contribution >= 0.6 is 0 Å². The first-order chi connectivity index (χ1) is 8.46. The Morgan fingerprint density at radius 3 is 2.33 bits per heavy atom. The molecule has 0 aliphatic heterocycles. The smallest absolute Gasteiger partial charge is 0.315 e. The maximum absolute atomic E-state index is 11.6. The van der Waals surface area contributed by atoms with E-state index in [1.165, 1.54) is 0 Å². The molecule has 0 aromatic heterocycles. The van der Waals surface area contributed by atoms with Crippen molar-refractivity contribution in [2.45, 2.75) is 25.7 Å². The summed E-state index contributed by atoms with van der Waals surface area (Å²) in [6.45, 7) is 3.75. The summed E-state index contributed by atoms with van der Waals surface area (Å²) in [5, 5.41) is 18.7. The summed E-state index contributed by atoms with van der Waals surface area (Å²) >= 11 is 0. The van der Waals surface area contributed by atoms with E-state index in [1.807, 2.05) is 26.0 Å². The summed E-state index contributed by atoms with van der Waals surface area (Å²) in [7, 11) is 0. The maximum atomic E-state index is 11.6. The number of carbonyl (C=O) groups is 1. The van der Waals surface area contributed by atoms with Crippen molar-refractivity contribution in [2.24, 2.45) is 11.7 Å². The van der Waals surface area contributed by atoms with Crippen LogP contribution in [0.15, 0.2) is 24.3 Å². The molecule has 4 nitrogen and oxygen atoms in total. The number of aliphatic hydroxyl groups is 1. The van der Waals surface area contributed by atoms with Crippen LogP contribution in [0.25, 0.3) is 0 Å². The van der Waals surface area contributed by atoms with Gasteiger partial charge in [-0.1, -0.05) is 36.8 Å². The van der Waals surface area contributed by atoms with Crippen molar-refractivity contribution in [1.82, 2.24) is 0 Å².